The number of hydrogen-bond acceptors (Lipinski definition) is 3. The predicted octanol–water partition coefficient (Wildman–Crippen LogP) is 2.22. The van der Waals surface area contributed by atoms with E-state index in [-0.39, 0.29) is 5.91 Å². The van der Waals surface area contributed by atoms with Crippen LogP contribution >= 0.6 is 23.4 Å². The molecule has 0 heterocycles. The van der Waals surface area contributed by atoms with Crippen LogP contribution in [0.5, 0.6) is 0 Å². The highest BCUT2D eigenvalue weighted by Crippen LogP contribution is 2.22. The molecule has 0 aliphatic carbocycles. The molecular weight excluding hydrogens is 220 g/mol. The summed E-state index contributed by atoms with van der Waals surface area (Å²) in [5.74, 6) is 0.389. The van der Waals surface area contributed by atoms with Crippen molar-refractivity contribution in [3.05, 3.63) is 23.2 Å². The molecule has 5 heteroatoms. The lowest BCUT2D eigenvalue weighted by Gasteiger charge is -2.05. The standard InChI is InChI=1S/C9H11ClN2OS/c1-14-5-9(13)12-6-2-3-8(11)7(10)4-6/h2-4H,5,11H2,1H3,(H,12,13). The summed E-state index contributed by atoms with van der Waals surface area (Å²) in [6, 6.07) is 5.02. The fraction of sp³-hybridized carbons (Fsp3) is 0.222. The van der Waals surface area contributed by atoms with Crippen LogP contribution in [0.1, 0.15) is 0 Å². The van der Waals surface area contributed by atoms with E-state index < -0.39 is 0 Å². The van der Waals surface area contributed by atoms with Crippen LogP contribution in [0, 0.1) is 0 Å². The predicted molar refractivity (Wildman–Crippen MR) is 62.9 cm³/mol. The van der Waals surface area contributed by atoms with Crippen molar-refractivity contribution >= 4 is 40.6 Å². The van der Waals surface area contributed by atoms with Gasteiger partial charge in [0.05, 0.1) is 16.5 Å². The number of nitrogens with two attached hydrogens (primary N) is 1. The Morgan fingerprint density at radius 2 is 2.36 bits per heavy atom. The van der Waals surface area contributed by atoms with Crippen molar-refractivity contribution in [2.24, 2.45) is 0 Å². The number of anilines is 2. The molecule has 1 amide bonds. The van der Waals surface area contributed by atoms with E-state index in [0.29, 0.717) is 22.2 Å². The van der Waals surface area contributed by atoms with Crippen LogP contribution in [-0.2, 0) is 4.79 Å². The first-order valence-corrected chi connectivity index (χ1v) is 5.74. The van der Waals surface area contributed by atoms with Gasteiger partial charge in [-0.2, -0.15) is 11.8 Å². The second-order valence-corrected chi connectivity index (χ2v) is 3.99. The van der Waals surface area contributed by atoms with Gasteiger partial charge in [-0.3, -0.25) is 4.79 Å². The smallest absolute Gasteiger partial charge is 0.234 e. The van der Waals surface area contributed by atoms with E-state index in [1.54, 1.807) is 18.2 Å². The van der Waals surface area contributed by atoms with Crippen LogP contribution < -0.4 is 11.1 Å². The first-order chi connectivity index (χ1) is 6.63. The molecule has 0 saturated carbocycles. The minimum Gasteiger partial charge on any atom is -0.398 e. The van der Waals surface area contributed by atoms with E-state index in [2.05, 4.69) is 5.32 Å². The molecule has 0 fully saturated rings. The lowest BCUT2D eigenvalue weighted by atomic mass is 10.3. The molecule has 1 rings (SSSR count). The van der Waals surface area contributed by atoms with Crippen molar-refractivity contribution in [3.8, 4) is 0 Å². The van der Waals surface area contributed by atoms with Crippen molar-refractivity contribution in [1.29, 1.82) is 0 Å². The highest BCUT2D eigenvalue weighted by Gasteiger charge is 2.02. The zero-order valence-corrected chi connectivity index (χ0v) is 9.28. The molecule has 76 valence electrons. The summed E-state index contributed by atoms with van der Waals surface area (Å²) in [7, 11) is 0. The number of nitrogens with one attached hydrogen (secondary N) is 1. The van der Waals surface area contributed by atoms with E-state index in [0.717, 1.165) is 0 Å². The normalized spacial score (nSPS) is 9.86. The van der Waals surface area contributed by atoms with Crippen LogP contribution in [-0.4, -0.2) is 17.9 Å². The number of amides is 1. The Labute approximate surface area is 92.0 Å². The number of carbonyl (C=O) groups is 1. The Morgan fingerprint density at radius 3 is 2.93 bits per heavy atom. The number of halogens is 1. The molecule has 0 bridgehead atoms. The van der Waals surface area contributed by atoms with Crippen LogP contribution in [0.25, 0.3) is 0 Å². The molecule has 3 nitrogen and oxygen atoms in total. The van der Waals surface area contributed by atoms with Crippen LogP contribution in [0.4, 0.5) is 11.4 Å². The number of hydrogen-bond donors (Lipinski definition) is 2. The number of thioether (sulfide) groups is 1. The van der Waals surface area contributed by atoms with Crippen molar-refractivity contribution in [1.82, 2.24) is 0 Å². The molecule has 0 aliphatic heterocycles. The summed E-state index contributed by atoms with van der Waals surface area (Å²) < 4.78 is 0. The lowest BCUT2D eigenvalue weighted by Crippen LogP contribution is -2.13. The molecule has 3 N–H and O–H groups in total. The van der Waals surface area contributed by atoms with E-state index in [1.165, 1.54) is 11.8 Å². The number of carbonyl (C=O) groups excluding carboxylic acids is 1. The Hall–Kier alpha value is -0.870. The molecule has 1 aromatic rings. The first-order valence-electron chi connectivity index (χ1n) is 3.97. The summed E-state index contributed by atoms with van der Waals surface area (Å²) in [6.07, 6.45) is 1.87. The van der Waals surface area contributed by atoms with Gasteiger partial charge in [0.2, 0.25) is 5.91 Å². The van der Waals surface area contributed by atoms with Crippen molar-refractivity contribution in [2.75, 3.05) is 23.1 Å². The van der Waals surface area contributed by atoms with Gasteiger partial charge in [0.15, 0.2) is 0 Å². The minimum absolute atomic E-state index is 0.0432. The number of rotatable bonds is 3. The molecule has 0 radical (unpaired) electrons. The highest BCUT2D eigenvalue weighted by molar-refractivity contribution is 7.99. The van der Waals surface area contributed by atoms with E-state index in [4.69, 9.17) is 17.3 Å². The maximum Gasteiger partial charge on any atom is 0.234 e. The third kappa shape index (κ3) is 3.12. The van der Waals surface area contributed by atoms with Gasteiger partial charge in [0.1, 0.15) is 0 Å². The minimum atomic E-state index is -0.0432. The van der Waals surface area contributed by atoms with Crippen LogP contribution in [0.2, 0.25) is 5.02 Å². The SMILES string of the molecule is CSCC(=O)Nc1ccc(N)c(Cl)c1. The van der Waals surface area contributed by atoms with Gasteiger partial charge in [-0.05, 0) is 24.5 Å². The zero-order valence-electron chi connectivity index (χ0n) is 7.71. The Bertz CT molecular complexity index is 344. The highest BCUT2D eigenvalue weighted by atomic mass is 35.5. The molecule has 0 aromatic heterocycles. The molecular formula is C9H11ClN2OS. The fourth-order valence-electron chi connectivity index (χ4n) is 0.933. The van der Waals surface area contributed by atoms with Crippen molar-refractivity contribution in [3.63, 3.8) is 0 Å². The average molecular weight is 231 g/mol. The zero-order chi connectivity index (χ0) is 10.6. The summed E-state index contributed by atoms with van der Waals surface area (Å²) in [5.41, 5.74) is 6.71. The lowest BCUT2D eigenvalue weighted by molar-refractivity contribution is -0.113. The Kier molecular flexibility index (Phi) is 4.10. The molecule has 14 heavy (non-hydrogen) atoms. The average Bonchev–Trinajstić information content (AvgIpc) is 2.12. The number of nitrogen functional groups attached to an aromatic ring is 1. The maximum absolute atomic E-state index is 11.2. The van der Waals surface area contributed by atoms with Crippen molar-refractivity contribution in [2.45, 2.75) is 0 Å². The van der Waals surface area contributed by atoms with E-state index in [1.807, 2.05) is 6.26 Å². The van der Waals surface area contributed by atoms with Gasteiger partial charge in [-0.1, -0.05) is 11.6 Å². The molecule has 0 saturated heterocycles. The Morgan fingerprint density at radius 1 is 1.64 bits per heavy atom. The molecule has 0 atom stereocenters. The third-order valence-electron chi connectivity index (χ3n) is 1.56. The third-order valence-corrected chi connectivity index (χ3v) is 2.44. The quantitative estimate of drug-likeness (QED) is 0.783. The van der Waals surface area contributed by atoms with Crippen LogP contribution in [0.3, 0.4) is 0 Å². The van der Waals surface area contributed by atoms with Gasteiger partial charge in [-0.15, -0.1) is 0 Å². The van der Waals surface area contributed by atoms with Gasteiger partial charge < -0.3 is 11.1 Å². The van der Waals surface area contributed by atoms with Crippen LogP contribution in [0.15, 0.2) is 18.2 Å². The van der Waals surface area contributed by atoms with Gasteiger partial charge in [-0.25, -0.2) is 0 Å². The Balaban J connectivity index is 2.68. The second-order valence-electron chi connectivity index (χ2n) is 2.72. The summed E-state index contributed by atoms with van der Waals surface area (Å²) in [5, 5.41) is 3.16. The number of benzene rings is 1. The summed E-state index contributed by atoms with van der Waals surface area (Å²) in [4.78, 5) is 11.2. The molecule has 0 spiro atoms. The first kappa shape index (κ1) is 11.2. The topological polar surface area (TPSA) is 55.1 Å². The second kappa shape index (κ2) is 5.12. The largest absolute Gasteiger partial charge is 0.398 e. The van der Waals surface area contributed by atoms with Gasteiger partial charge in [0.25, 0.3) is 0 Å². The van der Waals surface area contributed by atoms with Gasteiger partial charge in [0, 0.05) is 5.69 Å². The van der Waals surface area contributed by atoms with E-state index in [9.17, 15) is 4.79 Å². The van der Waals surface area contributed by atoms with Gasteiger partial charge >= 0.3 is 0 Å². The molecule has 0 unspecified atom stereocenters. The molecule has 0 aliphatic rings. The summed E-state index contributed by atoms with van der Waals surface area (Å²) in [6.45, 7) is 0. The monoisotopic (exact) mass is 230 g/mol. The summed E-state index contributed by atoms with van der Waals surface area (Å²) >= 11 is 7.26. The van der Waals surface area contributed by atoms with E-state index >= 15 is 0 Å². The fourth-order valence-corrected chi connectivity index (χ4v) is 1.45. The maximum atomic E-state index is 11.2. The van der Waals surface area contributed by atoms with Crippen molar-refractivity contribution < 1.29 is 4.79 Å². The molecule has 1 aromatic carbocycles.